The van der Waals surface area contributed by atoms with Gasteiger partial charge >= 0.3 is 11.8 Å². The molecule has 86 valence electrons. The molecule has 1 heterocycles. The summed E-state index contributed by atoms with van der Waals surface area (Å²) in [6.07, 6.45) is -5.21. The van der Waals surface area contributed by atoms with Crippen LogP contribution in [0.5, 0.6) is 0 Å². The molecule has 0 saturated heterocycles. The average Bonchev–Trinajstić information content (AvgIpc) is 2.97. The van der Waals surface area contributed by atoms with E-state index in [1.165, 1.54) is 24.3 Å². The lowest BCUT2D eigenvalue weighted by molar-refractivity contribution is -0.166. The fraction of sp³-hybridized carbons (Fsp3) is 0.400. The van der Waals surface area contributed by atoms with Crippen molar-refractivity contribution in [2.45, 2.75) is 24.9 Å². The second-order valence-electron chi connectivity index (χ2n) is 3.67. The van der Waals surface area contributed by atoms with E-state index in [0.717, 1.165) is 0 Å². The van der Waals surface area contributed by atoms with Crippen LogP contribution in [0, 0.1) is 0 Å². The van der Waals surface area contributed by atoms with Crippen LogP contribution in [0.4, 0.5) is 13.2 Å². The van der Waals surface area contributed by atoms with Gasteiger partial charge in [0.2, 0.25) is 0 Å². The minimum Gasteiger partial charge on any atom is -0.389 e. The summed E-state index contributed by atoms with van der Waals surface area (Å²) in [7, 11) is 0. The van der Waals surface area contributed by atoms with Crippen LogP contribution in [-0.4, -0.2) is 11.3 Å². The number of benzene rings is 1. The van der Waals surface area contributed by atoms with E-state index in [9.17, 15) is 18.3 Å². The number of aliphatic hydroxyl groups is 1. The number of hydrogen-bond acceptors (Lipinski definition) is 3. The number of alkyl halides is 3. The van der Waals surface area contributed by atoms with Gasteiger partial charge in [-0.2, -0.15) is 13.2 Å². The molecule has 3 nitrogen and oxygen atoms in total. The number of halogens is 3. The third-order valence-electron chi connectivity index (χ3n) is 2.49. The highest BCUT2D eigenvalue weighted by molar-refractivity contribution is 5.33. The van der Waals surface area contributed by atoms with E-state index in [1.54, 1.807) is 6.92 Å². The van der Waals surface area contributed by atoms with E-state index < -0.39 is 17.9 Å². The fourth-order valence-corrected chi connectivity index (χ4v) is 1.44. The summed E-state index contributed by atoms with van der Waals surface area (Å²) in [5.74, 6) is 0. The van der Waals surface area contributed by atoms with Crippen molar-refractivity contribution in [1.29, 1.82) is 0 Å². The molecule has 1 aliphatic heterocycles. The highest BCUT2D eigenvalue weighted by Crippen LogP contribution is 2.52. The maximum atomic E-state index is 12.6. The van der Waals surface area contributed by atoms with Gasteiger partial charge in [0.05, 0.1) is 6.10 Å². The maximum absolute atomic E-state index is 12.6. The molecule has 1 aliphatic rings. The average molecular weight is 230 g/mol. The Morgan fingerprint density at radius 2 is 1.69 bits per heavy atom. The third kappa shape index (κ3) is 1.59. The zero-order chi connectivity index (χ0) is 12.0. The van der Waals surface area contributed by atoms with Crippen molar-refractivity contribution in [2.24, 2.45) is 10.2 Å². The first-order chi connectivity index (χ1) is 7.37. The lowest BCUT2D eigenvalue weighted by Crippen LogP contribution is -2.30. The Balaban J connectivity index is 2.30. The highest BCUT2D eigenvalue weighted by Gasteiger charge is 2.65. The van der Waals surface area contributed by atoms with Gasteiger partial charge in [-0.25, -0.2) is 0 Å². The van der Waals surface area contributed by atoms with E-state index in [-0.39, 0.29) is 5.56 Å². The molecule has 0 bridgehead atoms. The number of nitrogens with zero attached hydrogens (tertiary/aromatic N) is 2. The lowest BCUT2D eigenvalue weighted by Gasteiger charge is -2.15. The van der Waals surface area contributed by atoms with E-state index >= 15 is 0 Å². The second-order valence-corrected chi connectivity index (χ2v) is 3.67. The van der Waals surface area contributed by atoms with Crippen LogP contribution < -0.4 is 0 Å². The van der Waals surface area contributed by atoms with E-state index in [0.29, 0.717) is 5.56 Å². The minimum atomic E-state index is -4.50. The summed E-state index contributed by atoms with van der Waals surface area (Å²) in [6.45, 7) is 1.54. The van der Waals surface area contributed by atoms with Crippen molar-refractivity contribution in [1.82, 2.24) is 0 Å². The summed E-state index contributed by atoms with van der Waals surface area (Å²) >= 11 is 0. The Labute approximate surface area is 89.6 Å². The van der Waals surface area contributed by atoms with Gasteiger partial charge < -0.3 is 5.11 Å². The molecule has 1 aromatic rings. The molecule has 6 heteroatoms. The third-order valence-corrected chi connectivity index (χ3v) is 2.49. The predicted molar refractivity (Wildman–Crippen MR) is 49.7 cm³/mol. The highest BCUT2D eigenvalue weighted by atomic mass is 19.4. The summed E-state index contributed by atoms with van der Waals surface area (Å²) in [5.41, 5.74) is -1.84. The summed E-state index contributed by atoms with van der Waals surface area (Å²) in [6, 6.07) is 5.46. The quantitative estimate of drug-likeness (QED) is 0.834. The van der Waals surface area contributed by atoms with Crippen molar-refractivity contribution in [2.75, 3.05) is 0 Å². The Morgan fingerprint density at radius 1 is 1.19 bits per heavy atom. The van der Waals surface area contributed by atoms with Crippen LogP contribution in [0.2, 0.25) is 0 Å². The van der Waals surface area contributed by atoms with Crippen LogP contribution >= 0.6 is 0 Å². The molecule has 1 aromatic carbocycles. The van der Waals surface area contributed by atoms with Gasteiger partial charge in [0, 0.05) is 5.56 Å². The Hall–Kier alpha value is -1.43. The van der Waals surface area contributed by atoms with E-state index in [1.807, 2.05) is 0 Å². The summed E-state index contributed by atoms with van der Waals surface area (Å²) in [5, 5.41) is 15.4. The van der Waals surface area contributed by atoms with E-state index in [2.05, 4.69) is 10.2 Å². The van der Waals surface area contributed by atoms with Gasteiger partial charge in [0.1, 0.15) is 0 Å². The molecule has 0 unspecified atom stereocenters. The molecule has 1 atom stereocenters. The lowest BCUT2D eigenvalue weighted by atomic mass is 10.00. The molecular formula is C10H9F3N2O. The van der Waals surface area contributed by atoms with Crippen molar-refractivity contribution >= 4 is 0 Å². The van der Waals surface area contributed by atoms with Crippen LogP contribution in [0.3, 0.4) is 0 Å². The first-order valence-electron chi connectivity index (χ1n) is 4.66. The van der Waals surface area contributed by atoms with E-state index in [4.69, 9.17) is 0 Å². The zero-order valence-corrected chi connectivity index (χ0v) is 8.36. The normalized spacial score (nSPS) is 19.6. The SMILES string of the molecule is C[C@@H](O)c1ccc(C2(C(F)(F)F)N=N2)cc1. The van der Waals surface area contributed by atoms with Gasteiger partial charge in [0.15, 0.2) is 0 Å². The zero-order valence-electron chi connectivity index (χ0n) is 8.36. The van der Waals surface area contributed by atoms with Crippen molar-refractivity contribution in [3.8, 4) is 0 Å². The van der Waals surface area contributed by atoms with Crippen LogP contribution in [0.1, 0.15) is 24.2 Å². The Kier molecular flexibility index (Phi) is 2.27. The van der Waals surface area contributed by atoms with Crippen LogP contribution in [0.25, 0.3) is 0 Å². The van der Waals surface area contributed by atoms with Crippen LogP contribution in [0.15, 0.2) is 34.5 Å². The Morgan fingerprint density at radius 3 is 2.00 bits per heavy atom. The monoisotopic (exact) mass is 230 g/mol. The molecule has 2 rings (SSSR count). The standard InChI is InChI=1S/C10H9F3N2O/c1-6(16)7-2-4-8(5-3-7)9(14-15-9)10(11,12)13/h2-6,16H,1H3/t6-/m1/s1. The topological polar surface area (TPSA) is 45.0 Å². The molecular weight excluding hydrogens is 221 g/mol. The molecule has 0 saturated carbocycles. The maximum Gasteiger partial charge on any atom is 0.442 e. The molecule has 0 aromatic heterocycles. The summed E-state index contributed by atoms with van der Waals surface area (Å²) in [4.78, 5) is 0. The molecule has 0 aliphatic carbocycles. The largest absolute Gasteiger partial charge is 0.442 e. The van der Waals surface area contributed by atoms with Gasteiger partial charge in [-0.15, -0.1) is 10.2 Å². The first kappa shape index (κ1) is 11.1. The fourth-order valence-electron chi connectivity index (χ4n) is 1.44. The van der Waals surface area contributed by atoms with Crippen molar-refractivity contribution in [3.05, 3.63) is 35.4 Å². The minimum absolute atomic E-state index is 0.0237. The molecule has 0 amide bonds. The van der Waals surface area contributed by atoms with Gasteiger partial charge in [0.25, 0.3) is 0 Å². The van der Waals surface area contributed by atoms with Gasteiger partial charge in [-0.3, -0.25) is 0 Å². The summed E-state index contributed by atoms with van der Waals surface area (Å²) < 4.78 is 37.8. The first-order valence-corrected chi connectivity index (χ1v) is 4.66. The van der Waals surface area contributed by atoms with Gasteiger partial charge in [-0.1, -0.05) is 24.3 Å². The molecule has 0 fully saturated rings. The number of rotatable bonds is 2. The smallest absolute Gasteiger partial charge is 0.389 e. The van der Waals surface area contributed by atoms with Crippen LogP contribution in [-0.2, 0) is 5.66 Å². The Bertz CT molecular complexity index is 417. The second kappa shape index (κ2) is 3.28. The number of aliphatic hydroxyl groups excluding tert-OH is 1. The number of hydrogen-bond donors (Lipinski definition) is 1. The molecule has 0 spiro atoms. The molecule has 1 N–H and O–H groups in total. The molecule has 16 heavy (non-hydrogen) atoms. The predicted octanol–water partition coefficient (Wildman–Crippen LogP) is 2.92. The van der Waals surface area contributed by atoms with Crippen molar-refractivity contribution < 1.29 is 18.3 Å². The van der Waals surface area contributed by atoms with Crippen molar-refractivity contribution in [3.63, 3.8) is 0 Å². The van der Waals surface area contributed by atoms with Gasteiger partial charge in [-0.05, 0) is 12.5 Å². The molecule has 0 radical (unpaired) electrons.